The Hall–Kier alpha value is -2.95. The van der Waals surface area contributed by atoms with Crippen LogP contribution in [0.1, 0.15) is 52.7 Å². The fourth-order valence-corrected chi connectivity index (χ4v) is 3.85. The van der Waals surface area contributed by atoms with Crippen LogP contribution in [0.2, 0.25) is 0 Å². The van der Waals surface area contributed by atoms with E-state index in [0.29, 0.717) is 25.1 Å². The quantitative estimate of drug-likeness (QED) is 0.307. The third-order valence-corrected chi connectivity index (χ3v) is 6.22. The Morgan fingerprint density at radius 1 is 1.27 bits per heavy atom. The number of likely N-dealkylation sites (tertiary alicyclic amines) is 1. The predicted molar refractivity (Wildman–Crippen MR) is 121 cm³/mol. The van der Waals surface area contributed by atoms with E-state index in [-0.39, 0.29) is 24.2 Å². The van der Waals surface area contributed by atoms with Crippen molar-refractivity contribution in [1.29, 1.82) is 0 Å². The number of imidazole rings is 1. The maximum Gasteiger partial charge on any atom is 0.326 e. The molecule has 1 fully saturated rings. The van der Waals surface area contributed by atoms with Gasteiger partial charge in [-0.2, -0.15) is 0 Å². The number of carboxylic acid groups (broad SMARTS) is 1. The molecular weight excluding hydrogens is 428 g/mol. The highest BCUT2D eigenvalue weighted by molar-refractivity contribution is 5.94. The first kappa shape index (κ1) is 26.3. The third-order valence-electron chi connectivity index (χ3n) is 6.22. The first-order valence-electron chi connectivity index (χ1n) is 11.4. The van der Waals surface area contributed by atoms with Crippen LogP contribution >= 0.6 is 0 Å². The van der Waals surface area contributed by atoms with Gasteiger partial charge in [0.2, 0.25) is 17.7 Å². The van der Waals surface area contributed by atoms with Gasteiger partial charge in [-0.05, 0) is 24.7 Å². The first-order valence-corrected chi connectivity index (χ1v) is 11.4. The fourth-order valence-electron chi connectivity index (χ4n) is 3.85. The number of aromatic amines is 1. The molecule has 0 bridgehead atoms. The molecule has 11 nitrogen and oxygen atoms in total. The Labute approximate surface area is 193 Å². The van der Waals surface area contributed by atoms with Crippen molar-refractivity contribution in [2.75, 3.05) is 6.54 Å². The molecule has 5 unspecified atom stereocenters. The Bertz CT molecular complexity index is 827. The van der Waals surface area contributed by atoms with E-state index in [2.05, 4.69) is 20.6 Å². The summed E-state index contributed by atoms with van der Waals surface area (Å²) < 4.78 is 0. The first-order chi connectivity index (χ1) is 15.6. The lowest BCUT2D eigenvalue weighted by molar-refractivity contribution is -0.143. The molecule has 3 amide bonds. The van der Waals surface area contributed by atoms with Crippen molar-refractivity contribution in [3.63, 3.8) is 0 Å². The van der Waals surface area contributed by atoms with Crippen LogP contribution in [0, 0.1) is 11.8 Å². The SMILES string of the molecule is CCC(C)C(N)C(=O)N1CCCC1C(=O)NC(C(=O)NC(Cc1cnc[nH]1)C(=O)O)C(C)C. The van der Waals surface area contributed by atoms with Crippen molar-refractivity contribution in [2.45, 2.75) is 77.5 Å². The summed E-state index contributed by atoms with van der Waals surface area (Å²) >= 11 is 0. The number of amides is 3. The van der Waals surface area contributed by atoms with Gasteiger partial charge < -0.3 is 31.4 Å². The largest absolute Gasteiger partial charge is 0.480 e. The van der Waals surface area contributed by atoms with Gasteiger partial charge in [0.15, 0.2) is 0 Å². The molecular formula is C22H36N6O5. The van der Waals surface area contributed by atoms with Gasteiger partial charge in [0, 0.05) is 24.9 Å². The van der Waals surface area contributed by atoms with Crippen LogP contribution in [0.25, 0.3) is 0 Å². The molecule has 1 saturated heterocycles. The number of carbonyl (C=O) groups excluding carboxylic acids is 3. The zero-order valence-corrected chi connectivity index (χ0v) is 19.7. The standard InChI is InChI=1S/C22H36N6O5/c1-5-13(4)17(23)21(31)28-8-6-7-16(28)19(29)27-18(12(2)3)20(30)26-15(22(32)33)9-14-10-24-11-25-14/h10-13,15-18H,5-9,23H2,1-4H3,(H,24,25)(H,26,30)(H,27,29)(H,32,33). The number of nitrogens with one attached hydrogen (secondary N) is 3. The van der Waals surface area contributed by atoms with E-state index in [1.807, 2.05) is 13.8 Å². The van der Waals surface area contributed by atoms with Crippen molar-refractivity contribution in [2.24, 2.45) is 17.6 Å². The molecule has 1 aromatic heterocycles. The second-order valence-electron chi connectivity index (χ2n) is 9.01. The molecule has 0 aliphatic carbocycles. The highest BCUT2D eigenvalue weighted by Crippen LogP contribution is 2.21. The minimum absolute atomic E-state index is 0.0150. The lowest BCUT2D eigenvalue weighted by Crippen LogP contribution is -2.58. The number of carbonyl (C=O) groups is 4. The van der Waals surface area contributed by atoms with Gasteiger partial charge in [0.1, 0.15) is 18.1 Å². The van der Waals surface area contributed by atoms with Gasteiger partial charge in [-0.25, -0.2) is 9.78 Å². The van der Waals surface area contributed by atoms with E-state index >= 15 is 0 Å². The molecule has 0 radical (unpaired) electrons. The Kier molecular flexibility index (Phi) is 9.39. The number of aliphatic carboxylic acids is 1. The number of aromatic nitrogens is 2. The van der Waals surface area contributed by atoms with Gasteiger partial charge in [-0.3, -0.25) is 14.4 Å². The molecule has 0 spiro atoms. The van der Waals surface area contributed by atoms with Gasteiger partial charge in [0.25, 0.3) is 0 Å². The zero-order valence-electron chi connectivity index (χ0n) is 19.7. The summed E-state index contributed by atoms with van der Waals surface area (Å²) in [6.07, 6.45) is 4.83. The molecule has 2 heterocycles. The van der Waals surface area contributed by atoms with Gasteiger partial charge >= 0.3 is 5.97 Å². The minimum atomic E-state index is -1.20. The maximum atomic E-state index is 13.1. The summed E-state index contributed by atoms with van der Waals surface area (Å²) in [6, 6.07) is -3.54. The Morgan fingerprint density at radius 2 is 1.97 bits per heavy atom. The van der Waals surface area contributed by atoms with Crippen LogP contribution in [0.15, 0.2) is 12.5 Å². The maximum absolute atomic E-state index is 13.1. The molecule has 6 N–H and O–H groups in total. The van der Waals surface area contributed by atoms with Crippen molar-refractivity contribution in [1.82, 2.24) is 25.5 Å². The van der Waals surface area contributed by atoms with E-state index in [9.17, 15) is 24.3 Å². The Balaban J connectivity index is 2.07. The number of rotatable bonds is 11. The molecule has 33 heavy (non-hydrogen) atoms. The molecule has 0 saturated carbocycles. The molecule has 0 aromatic carbocycles. The number of nitrogens with two attached hydrogens (primary N) is 1. The van der Waals surface area contributed by atoms with E-state index in [1.54, 1.807) is 13.8 Å². The van der Waals surface area contributed by atoms with Crippen LogP contribution in [-0.4, -0.2) is 74.4 Å². The molecule has 1 aliphatic heterocycles. The second kappa shape index (κ2) is 11.8. The van der Waals surface area contributed by atoms with Crippen LogP contribution in [0.5, 0.6) is 0 Å². The van der Waals surface area contributed by atoms with Crippen molar-refractivity contribution >= 4 is 23.7 Å². The van der Waals surface area contributed by atoms with Crippen LogP contribution in [0.4, 0.5) is 0 Å². The van der Waals surface area contributed by atoms with Crippen molar-refractivity contribution in [3.8, 4) is 0 Å². The van der Waals surface area contributed by atoms with Crippen LogP contribution < -0.4 is 16.4 Å². The fraction of sp³-hybridized carbons (Fsp3) is 0.682. The molecule has 5 atom stereocenters. The van der Waals surface area contributed by atoms with Crippen molar-refractivity contribution < 1.29 is 24.3 Å². The lowest BCUT2D eigenvalue weighted by Gasteiger charge is -2.31. The molecule has 2 rings (SSSR count). The number of carboxylic acids is 1. The summed E-state index contributed by atoms with van der Waals surface area (Å²) in [5.41, 5.74) is 6.66. The molecule has 184 valence electrons. The van der Waals surface area contributed by atoms with E-state index in [4.69, 9.17) is 5.73 Å². The molecule has 1 aromatic rings. The summed E-state index contributed by atoms with van der Waals surface area (Å²) in [5, 5.41) is 14.8. The smallest absolute Gasteiger partial charge is 0.326 e. The highest BCUT2D eigenvalue weighted by Gasteiger charge is 2.39. The number of nitrogens with zero attached hydrogens (tertiary/aromatic N) is 2. The lowest BCUT2D eigenvalue weighted by atomic mass is 9.98. The van der Waals surface area contributed by atoms with Gasteiger partial charge in [-0.15, -0.1) is 0 Å². The van der Waals surface area contributed by atoms with Gasteiger partial charge in [0.05, 0.1) is 12.4 Å². The average molecular weight is 465 g/mol. The van der Waals surface area contributed by atoms with E-state index in [1.165, 1.54) is 17.4 Å². The number of H-pyrrole nitrogens is 1. The molecule has 1 aliphatic rings. The average Bonchev–Trinajstić information content (AvgIpc) is 3.46. The van der Waals surface area contributed by atoms with Crippen LogP contribution in [-0.2, 0) is 25.6 Å². The minimum Gasteiger partial charge on any atom is -0.480 e. The summed E-state index contributed by atoms with van der Waals surface area (Å²) in [4.78, 5) is 58.6. The molecule has 11 heteroatoms. The third kappa shape index (κ3) is 6.77. The second-order valence-corrected chi connectivity index (χ2v) is 9.01. The monoisotopic (exact) mass is 464 g/mol. The summed E-state index contributed by atoms with van der Waals surface area (Å²) in [6.45, 7) is 7.80. The predicted octanol–water partition coefficient (Wildman–Crippen LogP) is 0.0268. The summed E-state index contributed by atoms with van der Waals surface area (Å²) in [7, 11) is 0. The zero-order chi connectivity index (χ0) is 24.7. The summed E-state index contributed by atoms with van der Waals surface area (Å²) in [5.74, 6) is -2.82. The van der Waals surface area contributed by atoms with Crippen LogP contribution in [0.3, 0.4) is 0 Å². The highest BCUT2D eigenvalue weighted by atomic mass is 16.4. The van der Waals surface area contributed by atoms with E-state index < -0.39 is 42.0 Å². The number of hydrogen-bond acceptors (Lipinski definition) is 6. The van der Waals surface area contributed by atoms with E-state index in [0.717, 1.165) is 6.42 Å². The van der Waals surface area contributed by atoms with Crippen molar-refractivity contribution in [3.05, 3.63) is 18.2 Å². The normalized spacial score (nSPS) is 19.6. The Morgan fingerprint density at radius 3 is 2.52 bits per heavy atom. The van der Waals surface area contributed by atoms with Gasteiger partial charge in [-0.1, -0.05) is 34.1 Å². The topological polar surface area (TPSA) is 171 Å². The number of hydrogen-bond donors (Lipinski definition) is 5.